The van der Waals surface area contributed by atoms with E-state index in [9.17, 15) is 0 Å². The standard InChI is InChI=1S/C13H16N2OS/c1-9-3-4-10(5-13(9)16-2)12(14)6-11-7-15-8-17-11/h3-5,7-8,12H,6,14H2,1-2H3. The summed E-state index contributed by atoms with van der Waals surface area (Å²) in [5.41, 5.74) is 10.2. The number of ether oxygens (including phenoxy) is 1. The van der Waals surface area contributed by atoms with Gasteiger partial charge in [-0.2, -0.15) is 0 Å². The van der Waals surface area contributed by atoms with Crippen molar-refractivity contribution in [2.24, 2.45) is 5.73 Å². The highest BCUT2D eigenvalue weighted by atomic mass is 32.1. The molecule has 0 aliphatic carbocycles. The number of methoxy groups -OCH3 is 1. The van der Waals surface area contributed by atoms with Crippen LogP contribution in [0, 0.1) is 6.92 Å². The molecule has 0 fully saturated rings. The zero-order valence-corrected chi connectivity index (χ0v) is 10.8. The van der Waals surface area contributed by atoms with Crippen LogP contribution in [0.25, 0.3) is 0 Å². The Balaban J connectivity index is 2.16. The van der Waals surface area contributed by atoms with E-state index >= 15 is 0 Å². The molecule has 2 N–H and O–H groups in total. The highest BCUT2D eigenvalue weighted by Crippen LogP contribution is 2.24. The number of aryl methyl sites for hydroxylation is 1. The minimum Gasteiger partial charge on any atom is -0.496 e. The molecular formula is C13H16N2OS. The quantitative estimate of drug-likeness (QED) is 0.905. The first-order chi connectivity index (χ1) is 8.20. The maximum atomic E-state index is 6.18. The van der Waals surface area contributed by atoms with Crippen LogP contribution < -0.4 is 10.5 Å². The van der Waals surface area contributed by atoms with Crippen molar-refractivity contribution in [3.63, 3.8) is 0 Å². The van der Waals surface area contributed by atoms with Gasteiger partial charge in [-0.15, -0.1) is 11.3 Å². The SMILES string of the molecule is COc1cc(C(N)Cc2cncs2)ccc1C. The van der Waals surface area contributed by atoms with Gasteiger partial charge in [0.05, 0.1) is 12.6 Å². The van der Waals surface area contributed by atoms with Crippen LogP contribution in [0.5, 0.6) is 5.75 Å². The molecular weight excluding hydrogens is 232 g/mol. The summed E-state index contributed by atoms with van der Waals surface area (Å²) in [5, 5.41) is 0. The van der Waals surface area contributed by atoms with Gasteiger partial charge in [0.15, 0.2) is 0 Å². The van der Waals surface area contributed by atoms with Crippen LogP contribution in [0.1, 0.15) is 22.0 Å². The first-order valence-electron chi connectivity index (χ1n) is 5.48. The van der Waals surface area contributed by atoms with Crippen molar-refractivity contribution < 1.29 is 4.74 Å². The van der Waals surface area contributed by atoms with Gasteiger partial charge >= 0.3 is 0 Å². The lowest BCUT2D eigenvalue weighted by Crippen LogP contribution is -2.12. The van der Waals surface area contributed by atoms with E-state index in [1.807, 2.05) is 30.8 Å². The molecule has 90 valence electrons. The molecule has 1 heterocycles. The third-order valence-electron chi connectivity index (χ3n) is 2.76. The van der Waals surface area contributed by atoms with Crippen molar-refractivity contribution in [1.82, 2.24) is 4.98 Å². The van der Waals surface area contributed by atoms with E-state index in [0.717, 1.165) is 23.3 Å². The molecule has 3 nitrogen and oxygen atoms in total. The van der Waals surface area contributed by atoms with E-state index in [0.29, 0.717) is 0 Å². The van der Waals surface area contributed by atoms with Crippen molar-refractivity contribution in [2.75, 3.05) is 7.11 Å². The van der Waals surface area contributed by atoms with Gasteiger partial charge in [0.2, 0.25) is 0 Å². The van der Waals surface area contributed by atoms with Gasteiger partial charge in [0.25, 0.3) is 0 Å². The van der Waals surface area contributed by atoms with Gasteiger partial charge in [0.1, 0.15) is 5.75 Å². The Morgan fingerprint density at radius 1 is 1.47 bits per heavy atom. The smallest absolute Gasteiger partial charge is 0.122 e. The van der Waals surface area contributed by atoms with Gasteiger partial charge in [-0.3, -0.25) is 4.98 Å². The number of nitrogens with zero attached hydrogens (tertiary/aromatic N) is 1. The Labute approximate surface area is 105 Å². The Bertz CT molecular complexity index is 482. The van der Waals surface area contributed by atoms with E-state index in [1.54, 1.807) is 18.4 Å². The van der Waals surface area contributed by atoms with Crippen molar-refractivity contribution >= 4 is 11.3 Å². The van der Waals surface area contributed by atoms with Crippen LogP contribution in [0.3, 0.4) is 0 Å². The molecule has 0 radical (unpaired) electrons. The summed E-state index contributed by atoms with van der Waals surface area (Å²) in [6.45, 7) is 2.03. The summed E-state index contributed by atoms with van der Waals surface area (Å²) in [6, 6.07) is 6.11. The number of hydrogen-bond acceptors (Lipinski definition) is 4. The van der Waals surface area contributed by atoms with E-state index in [1.165, 1.54) is 4.88 Å². The van der Waals surface area contributed by atoms with Crippen LogP contribution in [0.2, 0.25) is 0 Å². The normalized spacial score (nSPS) is 12.4. The number of thiazole rings is 1. The fraction of sp³-hybridized carbons (Fsp3) is 0.308. The first kappa shape index (κ1) is 12.1. The second kappa shape index (κ2) is 5.29. The fourth-order valence-corrected chi connectivity index (χ4v) is 2.40. The number of hydrogen-bond donors (Lipinski definition) is 1. The molecule has 2 aromatic rings. The zero-order chi connectivity index (χ0) is 12.3. The maximum absolute atomic E-state index is 6.18. The molecule has 0 saturated carbocycles. The lowest BCUT2D eigenvalue weighted by atomic mass is 10.0. The number of rotatable bonds is 4. The third kappa shape index (κ3) is 2.84. The molecule has 0 bridgehead atoms. The van der Waals surface area contributed by atoms with Crippen molar-refractivity contribution in [2.45, 2.75) is 19.4 Å². The zero-order valence-electron chi connectivity index (χ0n) is 10.0. The number of benzene rings is 1. The molecule has 0 aliphatic rings. The Kier molecular flexibility index (Phi) is 3.76. The Morgan fingerprint density at radius 2 is 2.29 bits per heavy atom. The third-order valence-corrected chi connectivity index (χ3v) is 3.57. The summed E-state index contributed by atoms with van der Waals surface area (Å²) < 4.78 is 5.31. The molecule has 2 rings (SSSR count). The van der Waals surface area contributed by atoms with Crippen LogP contribution in [0.4, 0.5) is 0 Å². The number of aromatic nitrogens is 1. The topological polar surface area (TPSA) is 48.1 Å². The average Bonchev–Trinajstić information content (AvgIpc) is 2.82. The lowest BCUT2D eigenvalue weighted by Gasteiger charge is -2.13. The van der Waals surface area contributed by atoms with E-state index in [2.05, 4.69) is 11.1 Å². The second-order valence-corrected chi connectivity index (χ2v) is 4.98. The van der Waals surface area contributed by atoms with Gasteiger partial charge < -0.3 is 10.5 Å². The molecule has 17 heavy (non-hydrogen) atoms. The van der Waals surface area contributed by atoms with Gasteiger partial charge in [-0.05, 0) is 24.1 Å². The minimum atomic E-state index is -0.00931. The van der Waals surface area contributed by atoms with Gasteiger partial charge in [-0.1, -0.05) is 12.1 Å². The molecule has 0 saturated heterocycles. The molecule has 4 heteroatoms. The summed E-state index contributed by atoms with van der Waals surface area (Å²) in [7, 11) is 1.68. The maximum Gasteiger partial charge on any atom is 0.122 e. The van der Waals surface area contributed by atoms with Crippen LogP contribution in [-0.4, -0.2) is 12.1 Å². The van der Waals surface area contributed by atoms with Crippen molar-refractivity contribution in [1.29, 1.82) is 0 Å². The van der Waals surface area contributed by atoms with Crippen molar-refractivity contribution in [3.8, 4) is 5.75 Å². The highest BCUT2D eigenvalue weighted by Gasteiger charge is 2.10. The predicted molar refractivity (Wildman–Crippen MR) is 70.5 cm³/mol. The second-order valence-electron chi connectivity index (χ2n) is 4.01. The van der Waals surface area contributed by atoms with Gasteiger partial charge in [0, 0.05) is 23.5 Å². The molecule has 0 spiro atoms. The summed E-state index contributed by atoms with van der Waals surface area (Å²) in [6.07, 6.45) is 2.69. The van der Waals surface area contributed by atoms with Crippen LogP contribution in [-0.2, 0) is 6.42 Å². The van der Waals surface area contributed by atoms with Gasteiger partial charge in [-0.25, -0.2) is 0 Å². The largest absolute Gasteiger partial charge is 0.496 e. The molecule has 0 aliphatic heterocycles. The molecule has 0 amide bonds. The summed E-state index contributed by atoms with van der Waals surface area (Å²) in [4.78, 5) is 5.26. The minimum absolute atomic E-state index is 0.00931. The van der Waals surface area contributed by atoms with Crippen LogP contribution >= 0.6 is 11.3 Å². The Hall–Kier alpha value is -1.39. The molecule has 1 aromatic carbocycles. The van der Waals surface area contributed by atoms with E-state index in [4.69, 9.17) is 10.5 Å². The van der Waals surface area contributed by atoms with Crippen LogP contribution in [0.15, 0.2) is 29.9 Å². The summed E-state index contributed by atoms with van der Waals surface area (Å²) in [5.74, 6) is 0.891. The predicted octanol–water partition coefficient (Wildman–Crippen LogP) is 2.70. The first-order valence-corrected chi connectivity index (χ1v) is 6.36. The Morgan fingerprint density at radius 3 is 2.94 bits per heavy atom. The molecule has 1 aromatic heterocycles. The molecule has 1 atom stereocenters. The van der Waals surface area contributed by atoms with Crippen molar-refractivity contribution in [3.05, 3.63) is 45.9 Å². The lowest BCUT2D eigenvalue weighted by molar-refractivity contribution is 0.410. The highest BCUT2D eigenvalue weighted by molar-refractivity contribution is 7.09. The van der Waals surface area contributed by atoms with E-state index < -0.39 is 0 Å². The summed E-state index contributed by atoms with van der Waals surface area (Å²) >= 11 is 1.64. The monoisotopic (exact) mass is 248 g/mol. The van der Waals surface area contributed by atoms with E-state index in [-0.39, 0.29) is 6.04 Å². The fourth-order valence-electron chi connectivity index (χ4n) is 1.74. The molecule has 1 unspecified atom stereocenters. The number of nitrogens with two attached hydrogens (primary N) is 1. The average molecular weight is 248 g/mol.